The lowest BCUT2D eigenvalue weighted by Gasteiger charge is -2.21. The van der Waals surface area contributed by atoms with Crippen molar-refractivity contribution in [3.8, 4) is 17.2 Å². The van der Waals surface area contributed by atoms with Gasteiger partial charge in [-0.1, -0.05) is 6.92 Å². The maximum Gasteiger partial charge on any atom is 0.433 e. The van der Waals surface area contributed by atoms with Crippen LogP contribution in [0.5, 0.6) is 5.75 Å². The normalized spacial score (nSPS) is 15.1. The number of fused-ring (bicyclic) bond motifs is 1. The number of pyridine rings is 1. The van der Waals surface area contributed by atoms with Crippen molar-refractivity contribution in [2.24, 2.45) is 5.73 Å². The van der Waals surface area contributed by atoms with E-state index in [2.05, 4.69) is 20.6 Å². The summed E-state index contributed by atoms with van der Waals surface area (Å²) >= 11 is 0. The molecular formula is C26H34F3N5O5. The minimum atomic E-state index is -4.66. The van der Waals surface area contributed by atoms with E-state index >= 15 is 0 Å². The van der Waals surface area contributed by atoms with E-state index in [1.807, 2.05) is 6.92 Å². The molecule has 3 aromatic rings. The smallest absolute Gasteiger partial charge is 0.433 e. The molecule has 0 radical (unpaired) electrons. The summed E-state index contributed by atoms with van der Waals surface area (Å²) in [6, 6.07) is 3.76. The van der Waals surface area contributed by atoms with Crippen LogP contribution >= 0.6 is 0 Å². The molecule has 1 aromatic carbocycles. The van der Waals surface area contributed by atoms with E-state index in [-0.39, 0.29) is 34.7 Å². The number of alkyl halides is 3. The second-order valence-corrected chi connectivity index (χ2v) is 9.21. The monoisotopic (exact) mass is 553 g/mol. The number of carbonyl (C=O) groups is 1. The molecule has 0 saturated carbocycles. The van der Waals surface area contributed by atoms with E-state index in [4.69, 9.17) is 19.6 Å². The fraction of sp³-hybridized carbons (Fsp3) is 0.500. The van der Waals surface area contributed by atoms with E-state index in [9.17, 15) is 23.1 Å². The van der Waals surface area contributed by atoms with Crippen LogP contribution in [-0.2, 0) is 10.9 Å². The molecule has 0 aliphatic carbocycles. The highest BCUT2D eigenvalue weighted by Gasteiger charge is 2.33. The Morgan fingerprint density at radius 3 is 2.51 bits per heavy atom. The van der Waals surface area contributed by atoms with E-state index in [0.717, 1.165) is 6.07 Å². The molecular weight excluding hydrogens is 519 g/mol. The van der Waals surface area contributed by atoms with Gasteiger partial charge in [-0.3, -0.25) is 10.1 Å². The maximum atomic E-state index is 13.5. The Kier molecular flexibility index (Phi) is 9.88. The Balaban J connectivity index is 2.03. The Hall–Kier alpha value is -3.26. The Morgan fingerprint density at radius 2 is 1.90 bits per heavy atom. The first-order valence-corrected chi connectivity index (χ1v) is 12.5. The van der Waals surface area contributed by atoms with Crippen molar-refractivity contribution in [3.05, 3.63) is 41.4 Å². The van der Waals surface area contributed by atoms with E-state index in [1.54, 1.807) is 26.8 Å². The number of hydrogen-bond acceptors (Lipinski definition) is 9. The highest BCUT2D eigenvalue weighted by Crippen LogP contribution is 2.38. The topological polar surface area (TPSA) is 145 Å². The average molecular weight is 554 g/mol. The van der Waals surface area contributed by atoms with Crippen LogP contribution in [0.3, 0.4) is 0 Å². The van der Waals surface area contributed by atoms with Crippen LogP contribution in [0.15, 0.2) is 28.7 Å². The molecule has 2 unspecified atom stereocenters. The van der Waals surface area contributed by atoms with Crippen molar-refractivity contribution in [1.82, 2.24) is 20.6 Å². The number of aromatic nitrogens is 2. The lowest BCUT2D eigenvalue weighted by Crippen LogP contribution is -2.49. The standard InChI is InChI=1S/C26H34F3N5O5/c1-6-13(2)38-18-9-7-17(16-8-10-19(26(27,28)29)33-20(16)18)25-34-21(22(39-25)14(3)30)24(36)32-15(4)23(35)31-11-12-37-5/h7-10,13-15,23,31,35H,6,11-12,30H2,1-5H3,(H,32,36)/t13?,14-,15+,23?/m0/s1. The number of ether oxygens (including phenoxy) is 2. The minimum Gasteiger partial charge on any atom is -0.488 e. The summed E-state index contributed by atoms with van der Waals surface area (Å²) in [6.07, 6.45) is -5.36. The summed E-state index contributed by atoms with van der Waals surface area (Å²) in [6.45, 7) is 7.62. The van der Waals surface area contributed by atoms with Crippen LogP contribution in [0, 0.1) is 0 Å². The third-order valence-corrected chi connectivity index (χ3v) is 6.02. The number of carbonyl (C=O) groups excluding carboxylic acids is 1. The Labute approximate surface area is 224 Å². The SMILES string of the molecule is CCC(C)Oc1ccc(-c2nc(C(=O)N[C@H](C)C(O)NCCOC)c([C@H](C)N)o2)c2ccc(C(F)(F)F)nc12. The molecule has 1 amide bonds. The molecule has 0 aliphatic heterocycles. The van der Waals surface area contributed by atoms with Gasteiger partial charge in [0, 0.05) is 24.6 Å². The van der Waals surface area contributed by atoms with Gasteiger partial charge in [-0.05, 0) is 51.5 Å². The molecule has 5 N–H and O–H groups in total. The van der Waals surface area contributed by atoms with Crippen LogP contribution < -0.4 is 21.1 Å². The first-order valence-electron chi connectivity index (χ1n) is 12.5. The van der Waals surface area contributed by atoms with Gasteiger partial charge in [0.1, 0.15) is 23.2 Å². The number of oxazole rings is 1. The number of nitrogens with zero attached hydrogens (tertiary/aromatic N) is 2. The number of benzene rings is 1. The first-order chi connectivity index (χ1) is 18.4. The molecule has 13 heteroatoms. The van der Waals surface area contributed by atoms with E-state index < -0.39 is 36.1 Å². The molecule has 39 heavy (non-hydrogen) atoms. The molecule has 3 rings (SSSR count). The molecule has 0 fully saturated rings. The Morgan fingerprint density at radius 1 is 1.18 bits per heavy atom. The van der Waals surface area contributed by atoms with Gasteiger partial charge in [-0.15, -0.1) is 0 Å². The lowest BCUT2D eigenvalue weighted by molar-refractivity contribution is -0.140. The number of nitrogens with two attached hydrogens (primary N) is 1. The van der Waals surface area contributed by atoms with Crippen LogP contribution in [0.25, 0.3) is 22.4 Å². The minimum absolute atomic E-state index is 0.0203. The van der Waals surface area contributed by atoms with Gasteiger partial charge < -0.3 is 30.0 Å². The predicted molar refractivity (Wildman–Crippen MR) is 138 cm³/mol. The van der Waals surface area contributed by atoms with E-state index in [1.165, 1.54) is 19.2 Å². The van der Waals surface area contributed by atoms with Gasteiger partial charge in [0.2, 0.25) is 5.89 Å². The summed E-state index contributed by atoms with van der Waals surface area (Å²) in [5, 5.41) is 16.0. The number of nitrogens with one attached hydrogen (secondary N) is 2. The number of hydrogen-bond donors (Lipinski definition) is 4. The van der Waals surface area contributed by atoms with Crippen molar-refractivity contribution in [3.63, 3.8) is 0 Å². The van der Waals surface area contributed by atoms with Gasteiger partial charge >= 0.3 is 6.18 Å². The number of aliphatic hydroxyl groups is 1. The van der Waals surface area contributed by atoms with Gasteiger partial charge in [0.05, 0.1) is 24.8 Å². The summed E-state index contributed by atoms with van der Waals surface area (Å²) in [7, 11) is 1.53. The van der Waals surface area contributed by atoms with Crippen LogP contribution in [-0.4, -0.2) is 59.6 Å². The third-order valence-electron chi connectivity index (χ3n) is 6.02. The lowest BCUT2D eigenvalue weighted by atomic mass is 10.1. The summed E-state index contributed by atoms with van der Waals surface area (Å²) in [5.74, 6) is -0.421. The fourth-order valence-corrected chi connectivity index (χ4v) is 3.69. The second kappa shape index (κ2) is 12.7. The average Bonchev–Trinajstić information content (AvgIpc) is 3.34. The van der Waals surface area contributed by atoms with Crippen molar-refractivity contribution in [2.75, 3.05) is 20.3 Å². The van der Waals surface area contributed by atoms with Gasteiger partial charge in [-0.25, -0.2) is 9.97 Å². The van der Waals surface area contributed by atoms with E-state index in [0.29, 0.717) is 30.5 Å². The molecule has 0 saturated heterocycles. The molecule has 10 nitrogen and oxygen atoms in total. The maximum absolute atomic E-state index is 13.5. The zero-order chi connectivity index (χ0) is 28.9. The largest absolute Gasteiger partial charge is 0.488 e. The molecule has 2 aromatic heterocycles. The van der Waals surface area contributed by atoms with Gasteiger partial charge in [0.25, 0.3) is 5.91 Å². The van der Waals surface area contributed by atoms with Crippen molar-refractivity contribution in [1.29, 1.82) is 0 Å². The second-order valence-electron chi connectivity index (χ2n) is 9.21. The molecule has 2 heterocycles. The predicted octanol–water partition coefficient (Wildman–Crippen LogP) is 3.78. The highest BCUT2D eigenvalue weighted by atomic mass is 19.4. The zero-order valence-corrected chi connectivity index (χ0v) is 22.4. The summed E-state index contributed by atoms with van der Waals surface area (Å²) < 4.78 is 57.0. The van der Waals surface area contributed by atoms with Crippen molar-refractivity contribution < 1.29 is 37.0 Å². The molecule has 4 atom stereocenters. The van der Waals surface area contributed by atoms with Gasteiger partial charge in [0.15, 0.2) is 11.5 Å². The molecule has 0 bridgehead atoms. The fourth-order valence-electron chi connectivity index (χ4n) is 3.69. The number of aliphatic hydroxyl groups excluding tert-OH is 1. The quantitative estimate of drug-likeness (QED) is 0.194. The van der Waals surface area contributed by atoms with Gasteiger partial charge in [-0.2, -0.15) is 13.2 Å². The molecule has 0 aliphatic rings. The summed E-state index contributed by atoms with van der Waals surface area (Å²) in [5.41, 5.74) is 5.15. The highest BCUT2D eigenvalue weighted by molar-refractivity contribution is 5.98. The molecule has 214 valence electrons. The first kappa shape index (κ1) is 30.3. The van der Waals surface area contributed by atoms with Crippen LogP contribution in [0.2, 0.25) is 0 Å². The number of methoxy groups -OCH3 is 1. The summed E-state index contributed by atoms with van der Waals surface area (Å²) in [4.78, 5) is 21.3. The van der Waals surface area contributed by atoms with Crippen LogP contribution in [0.1, 0.15) is 62.1 Å². The number of rotatable bonds is 12. The number of amides is 1. The number of halogens is 3. The third kappa shape index (κ3) is 7.24. The van der Waals surface area contributed by atoms with Crippen molar-refractivity contribution >= 4 is 16.8 Å². The van der Waals surface area contributed by atoms with Crippen molar-refractivity contribution in [2.45, 2.75) is 64.7 Å². The Bertz CT molecular complexity index is 1280. The zero-order valence-electron chi connectivity index (χ0n) is 22.4. The molecule has 0 spiro atoms. The van der Waals surface area contributed by atoms with Crippen LogP contribution in [0.4, 0.5) is 13.2 Å².